The molecule has 3 saturated carbocycles. The molecule has 2 N–H and O–H groups in total. The number of ketones is 1. The maximum Gasteiger partial charge on any atom is 0.312 e. The predicted molar refractivity (Wildman–Crippen MR) is 125 cm³/mol. The van der Waals surface area contributed by atoms with Gasteiger partial charge in [-0.15, -0.1) is 0 Å². The first kappa shape index (κ1) is 23.1. The molecule has 5 heteroatoms. The minimum absolute atomic E-state index is 0.00590. The number of aliphatic hydroxyl groups is 2. The standard InChI is InChI=1S/C28H40O5/c1-14-13-28-15(2)12-17-19(26(17,4)5)18(24(28)31)21(29)16(3)22(30)20(28)23(14)33-25(32)27(6)10-8-7-9-11-27/h13,15,17-20,22-23,29-30H,7-12H2,1-6H3/t15-,17-,18-,19-,20-,22-,23+,28-/m1/s1. The van der Waals surface area contributed by atoms with Crippen LogP contribution in [-0.4, -0.2) is 34.2 Å². The molecule has 0 aromatic heterocycles. The summed E-state index contributed by atoms with van der Waals surface area (Å²) in [5.41, 5.74) is -0.126. The summed E-state index contributed by atoms with van der Waals surface area (Å²) in [6.45, 7) is 12.1. The van der Waals surface area contributed by atoms with E-state index in [4.69, 9.17) is 4.74 Å². The van der Waals surface area contributed by atoms with Crippen molar-refractivity contribution in [3.63, 3.8) is 0 Å². The Balaban J connectivity index is 1.57. The van der Waals surface area contributed by atoms with Crippen LogP contribution in [0.4, 0.5) is 0 Å². The summed E-state index contributed by atoms with van der Waals surface area (Å²) < 4.78 is 6.22. The zero-order valence-electron chi connectivity index (χ0n) is 21.0. The number of allylic oxidation sites excluding steroid dienone is 2. The van der Waals surface area contributed by atoms with Crippen LogP contribution in [0.5, 0.6) is 0 Å². The van der Waals surface area contributed by atoms with Crippen molar-refractivity contribution in [1.82, 2.24) is 0 Å². The molecular formula is C28H40O5. The SMILES string of the molecule is CC1=C[C@]23C(=O)[C@@H](C(O)=C(C)[C@@H](O)[C@@H]2[C@H]1OC(=O)C1(C)CCCCC1)[C@H]1[C@@H](C[C@H]3C)C1(C)C. The van der Waals surface area contributed by atoms with Crippen LogP contribution in [0.2, 0.25) is 0 Å². The second kappa shape index (κ2) is 7.19. The average Bonchev–Trinajstić information content (AvgIpc) is 3.18. The number of esters is 1. The lowest BCUT2D eigenvalue weighted by Crippen LogP contribution is -2.51. The molecule has 5 nitrogen and oxygen atoms in total. The molecule has 1 spiro atoms. The first-order chi connectivity index (χ1) is 15.4. The molecule has 33 heavy (non-hydrogen) atoms. The maximum atomic E-state index is 14.3. The van der Waals surface area contributed by atoms with Crippen LogP contribution in [0.15, 0.2) is 23.0 Å². The van der Waals surface area contributed by atoms with Crippen LogP contribution >= 0.6 is 0 Å². The van der Waals surface area contributed by atoms with E-state index in [-0.39, 0.29) is 34.8 Å². The number of aliphatic hydroxyl groups excluding tert-OH is 2. The van der Waals surface area contributed by atoms with E-state index in [1.807, 2.05) is 19.9 Å². The van der Waals surface area contributed by atoms with Gasteiger partial charge >= 0.3 is 5.97 Å². The molecule has 5 aliphatic rings. The normalized spacial score (nSPS) is 45.4. The van der Waals surface area contributed by atoms with Gasteiger partial charge in [0.2, 0.25) is 0 Å². The Bertz CT molecular complexity index is 951. The van der Waals surface area contributed by atoms with Crippen LogP contribution < -0.4 is 0 Å². The molecule has 0 unspecified atom stereocenters. The highest BCUT2D eigenvalue weighted by Gasteiger charge is 2.72. The van der Waals surface area contributed by atoms with Gasteiger partial charge in [-0.3, -0.25) is 9.59 Å². The fourth-order valence-corrected chi connectivity index (χ4v) is 8.29. The highest BCUT2D eigenvalue weighted by atomic mass is 16.5. The van der Waals surface area contributed by atoms with Crippen molar-refractivity contribution in [2.45, 2.75) is 92.3 Å². The molecule has 0 amide bonds. The number of Topliss-reactive ketones (excluding diaryl/α,β-unsaturated/α-hetero) is 1. The molecule has 2 bridgehead atoms. The van der Waals surface area contributed by atoms with Crippen LogP contribution in [0.1, 0.15) is 80.1 Å². The number of rotatable bonds is 2. The van der Waals surface area contributed by atoms with Crippen molar-refractivity contribution in [2.24, 2.45) is 45.8 Å². The van der Waals surface area contributed by atoms with E-state index in [0.717, 1.165) is 44.1 Å². The van der Waals surface area contributed by atoms with Crippen molar-refractivity contribution in [2.75, 3.05) is 0 Å². The Kier molecular flexibility index (Phi) is 5.04. The number of fused-ring (bicyclic) bond motifs is 3. The van der Waals surface area contributed by atoms with Crippen LogP contribution in [-0.2, 0) is 14.3 Å². The van der Waals surface area contributed by atoms with Gasteiger partial charge < -0.3 is 14.9 Å². The van der Waals surface area contributed by atoms with Gasteiger partial charge in [0.15, 0.2) is 5.78 Å². The maximum absolute atomic E-state index is 14.3. The highest BCUT2D eigenvalue weighted by Crippen LogP contribution is 2.72. The number of carbonyl (C=O) groups excluding carboxylic acids is 2. The third kappa shape index (κ3) is 2.93. The Labute approximate surface area is 197 Å². The lowest BCUT2D eigenvalue weighted by Gasteiger charge is -2.42. The molecule has 0 heterocycles. The Morgan fingerprint density at radius 3 is 2.36 bits per heavy atom. The lowest BCUT2D eigenvalue weighted by molar-refractivity contribution is -0.168. The van der Waals surface area contributed by atoms with E-state index in [1.54, 1.807) is 6.92 Å². The summed E-state index contributed by atoms with van der Waals surface area (Å²) in [5, 5.41) is 22.8. The molecule has 5 aliphatic carbocycles. The van der Waals surface area contributed by atoms with Gasteiger partial charge in [0.25, 0.3) is 0 Å². The zero-order chi connectivity index (χ0) is 24.1. The average molecular weight is 457 g/mol. The van der Waals surface area contributed by atoms with E-state index in [0.29, 0.717) is 11.5 Å². The summed E-state index contributed by atoms with van der Waals surface area (Å²) in [5.74, 6) is -0.903. The molecule has 0 saturated heterocycles. The second-order valence-electron chi connectivity index (χ2n) is 12.7. The van der Waals surface area contributed by atoms with Gasteiger partial charge in [0, 0.05) is 5.92 Å². The Morgan fingerprint density at radius 1 is 1.09 bits per heavy atom. The third-order valence-corrected chi connectivity index (χ3v) is 10.6. The summed E-state index contributed by atoms with van der Waals surface area (Å²) >= 11 is 0. The van der Waals surface area contributed by atoms with Crippen molar-refractivity contribution < 1.29 is 24.5 Å². The molecule has 0 aliphatic heterocycles. The molecule has 0 radical (unpaired) electrons. The van der Waals surface area contributed by atoms with Crippen molar-refractivity contribution in [1.29, 1.82) is 0 Å². The van der Waals surface area contributed by atoms with Gasteiger partial charge in [0.05, 0.1) is 22.9 Å². The fraction of sp³-hybridized carbons (Fsp3) is 0.786. The molecule has 182 valence electrons. The first-order valence-corrected chi connectivity index (χ1v) is 12.9. The lowest BCUT2D eigenvalue weighted by atomic mass is 9.61. The second-order valence-corrected chi connectivity index (χ2v) is 12.7. The largest absolute Gasteiger partial charge is 0.512 e. The summed E-state index contributed by atoms with van der Waals surface area (Å²) in [7, 11) is 0. The molecule has 0 aromatic rings. The number of ether oxygens (including phenoxy) is 1. The number of hydrogen-bond acceptors (Lipinski definition) is 5. The minimum atomic E-state index is -1.04. The predicted octanol–water partition coefficient (Wildman–Crippen LogP) is 5.13. The van der Waals surface area contributed by atoms with E-state index in [9.17, 15) is 19.8 Å². The monoisotopic (exact) mass is 456 g/mol. The van der Waals surface area contributed by atoms with E-state index < -0.39 is 34.9 Å². The van der Waals surface area contributed by atoms with Crippen molar-refractivity contribution >= 4 is 11.8 Å². The van der Waals surface area contributed by atoms with Gasteiger partial charge in [-0.1, -0.05) is 46.1 Å². The zero-order valence-corrected chi connectivity index (χ0v) is 21.0. The van der Waals surface area contributed by atoms with Crippen molar-refractivity contribution in [3.05, 3.63) is 23.0 Å². The van der Waals surface area contributed by atoms with Crippen LogP contribution in [0.25, 0.3) is 0 Å². The molecule has 3 fully saturated rings. The van der Waals surface area contributed by atoms with Gasteiger partial charge in [-0.2, -0.15) is 0 Å². The van der Waals surface area contributed by atoms with E-state index >= 15 is 0 Å². The van der Waals surface area contributed by atoms with Crippen LogP contribution in [0.3, 0.4) is 0 Å². The molecule has 0 aromatic carbocycles. The van der Waals surface area contributed by atoms with E-state index in [2.05, 4.69) is 20.8 Å². The summed E-state index contributed by atoms with van der Waals surface area (Å²) in [6.07, 6.45) is 6.00. The van der Waals surface area contributed by atoms with Gasteiger partial charge in [-0.05, 0) is 74.3 Å². The Hall–Kier alpha value is -1.62. The highest BCUT2D eigenvalue weighted by molar-refractivity contribution is 5.94. The quantitative estimate of drug-likeness (QED) is 0.444. The van der Waals surface area contributed by atoms with E-state index in [1.165, 1.54) is 0 Å². The first-order valence-electron chi connectivity index (χ1n) is 12.9. The topological polar surface area (TPSA) is 83.8 Å². The van der Waals surface area contributed by atoms with Crippen LogP contribution in [0, 0.1) is 45.8 Å². The molecule has 5 rings (SSSR count). The summed E-state index contributed by atoms with van der Waals surface area (Å²) in [6, 6.07) is 0. The van der Waals surface area contributed by atoms with Crippen molar-refractivity contribution in [3.8, 4) is 0 Å². The summed E-state index contributed by atoms with van der Waals surface area (Å²) in [4.78, 5) is 27.7. The third-order valence-electron chi connectivity index (χ3n) is 10.6. The van der Waals surface area contributed by atoms with Gasteiger partial charge in [0.1, 0.15) is 11.9 Å². The fourth-order valence-electron chi connectivity index (χ4n) is 8.29. The van der Waals surface area contributed by atoms with Gasteiger partial charge in [-0.25, -0.2) is 0 Å². The molecular weight excluding hydrogens is 416 g/mol. The Morgan fingerprint density at radius 2 is 1.73 bits per heavy atom. The minimum Gasteiger partial charge on any atom is -0.512 e. The number of carbonyl (C=O) groups is 2. The smallest absolute Gasteiger partial charge is 0.312 e. The molecule has 8 atom stereocenters. The number of hydrogen-bond donors (Lipinski definition) is 2.